The number of aliphatic hydroxyl groups excluding tert-OH is 2. The molecule has 0 radical (unpaired) electrons. The van der Waals surface area contributed by atoms with E-state index in [0.29, 0.717) is 12.8 Å². The van der Waals surface area contributed by atoms with E-state index in [1.807, 2.05) is 24.3 Å². The van der Waals surface area contributed by atoms with Gasteiger partial charge in [0, 0.05) is 10.8 Å². The van der Waals surface area contributed by atoms with Gasteiger partial charge >= 0.3 is 0 Å². The fourth-order valence-electron chi connectivity index (χ4n) is 2.08. The van der Waals surface area contributed by atoms with Gasteiger partial charge in [-0.2, -0.15) is 0 Å². The molecule has 1 aromatic rings. The predicted octanol–water partition coefficient (Wildman–Crippen LogP) is 1.45. The SMILES string of the molecule is CC(C)(Cc1cccc(CC(C)(C)C(O)O)c1)C(O)O. The van der Waals surface area contributed by atoms with Gasteiger partial charge in [0.25, 0.3) is 0 Å². The van der Waals surface area contributed by atoms with Crippen molar-refractivity contribution in [2.24, 2.45) is 10.8 Å². The molecule has 0 aliphatic heterocycles. The van der Waals surface area contributed by atoms with Crippen molar-refractivity contribution in [1.82, 2.24) is 0 Å². The van der Waals surface area contributed by atoms with Crippen LogP contribution in [-0.2, 0) is 12.8 Å². The normalized spacial score (nSPS) is 13.3. The van der Waals surface area contributed by atoms with Crippen LogP contribution in [0.3, 0.4) is 0 Å². The smallest absolute Gasteiger partial charge is 0.156 e. The van der Waals surface area contributed by atoms with Crippen molar-refractivity contribution in [3.63, 3.8) is 0 Å². The largest absolute Gasteiger partial charge is 0.368 e. The van der Waals surface area contributed by atoms with Gasteiger partial charge in [-0.3, -0.25) is 0 Å². The fraction of sp³-hybridized carbons (Fsp3) is 0.625. The van der Waals surface area contributed by atoms with Gasteiger partial charge in [-0.25, -0.2) is 0 Å². The molecule has 0 saturated heterocycles. The Hall–Kier alpha value is -0.940. The summed E-state index contributed by atoms with van der Waals surface area (Å²) in [5.74, 6) is 0. The third kappa shape index (κ3) is 4.56. The number of rotatable bonds is 6. The lowest BCUT2D eigenvalue weighted by atomic mass is 9.82. The average Bonchev–Trinajstić information content (AvgIpc) is 2.27. The van der Waals surface area contributed by atoms with E-state index in [9.17, 15) is 20.4 Å². The molecule has 1 rings (SSSR count). The third-order valence-corrected chi connectivity index (χ3v) is 3.71. The van der Waals surface area contributed by atoms with Crippen LogP contribution in [0.4, 0.5) is 0 Å². The van der Waals surface area contributed by atoms with Crippen molar-refractivity contribution in [3.05, 3.63) is 35.4 Å². The lowest BCUT2D eigenvalue weighted by molar-refractivity contribution is -0.121. The molecule has 0 unspecified atom stereocenters. The zero-order chi connectivity index (χ0) is 15.6. The van der Waals surface area contributed by atoms with E-state index in [2.05, 4.69) is 0 Å². The lowest BCUT2D eigenvalue weighted by Crippen LogP contribution is -2.32. The van der Waals surface area contributed by atoms with Crippen LogP contribution in [0.15, 0.2) is 24.3 Å². The van der Waals surface area contributed by atoms with Crippen LogP contribution in [0.2, 0.25) is 0 Å². The molecule has 4 heteroatoms. The van der Waals surface area contributed by atoms with Crippen LogP contribution in [0.25, 0.3) is 0 Å². The minimum atomic E-state index is -1.37. The summed E-state index contributed by atoms with van der Waals surface area (Å²) in [6.07, 6.45) is -1.66. The highest BCUT2D eigenvalue weighted by Crippen LogP contribution is 2.28. The van der Waals surface area contributed by atoms with Crippen LogP contribution in [0, 0.1) is 10.8 Å². The molecule has 114 valence electrons. The molecule has 0 aliphatic rings. The van der Waals surface area contributed by atoms with E-state index in [0.717, 1.165) is 11.1 Å². The average molecular weight is 282 g/mol. The molecule has 0 atom stereocenters. The first-order chi connectivity index (χ1) is 9.04. The van der Waals surface area contributed by atoms with Gasteiger partial charge in [-0.05, 0) is 24.0 Å². The molecular weight excluding hydrogens is 256 g/mol. The van der Waals surface area contributed by atoms with E-state index in [1.165, 1.54) is 0 Å². The highest BCUT2D eigenvalue weighted by atomic mass is 16.5. The Kier molecular flexibility index (Phi) is 5.33. The second-order valence-electron chi connectivity index (χ2n) is 6.90. The Balaban J connectivity index is 2.87. The Labute approximate surface area is 120 Å². The van der Waals surface area contributed by atoms with Crippen molar-refractivity contribution in [2.45, 2.75) is 53.1 Å². The molecule has 4 N–H and O–H groups in total. The van der Waals surface area contributed by atoms with Crippen molar-refractivity contribution < 1.29 is 20.4 Å². The minimum Gasteiger partial charge on any atom is -0.368 e. The Morgan fingerprint density at radius 1 is 0.800 bits per heavy atom. The highest BCUT2D eigenvalue weighted by Gasteiger charge is 2.28. The lowest BCUT2D eigenvalue weighted by Gasteiger charge is -2.28. The molecule has 0 spiro atoms. The summed E-state index contributed by atoms with van der Waals surface area (Å²) in [4.78, 5) is 0. The maximum Gasteiger partial charge on any atom is 0.156 e. The van der Waals surface area contributed by atoms with Gasteiger partial charge in [-0.15, -0.1) is 0 Å². The number of hydrogen-bond acceptors (Lipinski definition) is 4. The molecule has 0 bridgehead atoms. The van der Waals surface area contributed by atoms with E-state index >= 15 is 0 Å². The van der Waals surface area contributed by atoms with E-state index < -0.39 is 23.4 Å². The zero-order valence-electron chi connectivity index (χ0n) is 12.7. The predicted molar refractivity (Wildman–Crippen MR) is 77.9 cm³/mol. The molecule has 0 aromatic heterocycles. The van der Waals surface area contributed by atoms with Gasteiger partial charge in [-0.1, -0.05) is 52.0 Å². The van der Waals surface area contributed by atoms with Crippen molar-refractivity contribution in [3.8, 4) is 0 Å². The first-order valence-electron chi connectivity index (χ1n) is 6.85. The summed E-state index contributed by atoms with van der Waals surface area (Å²) in [7, 11) is 0. The molecule has 0 amide bonds. The second kappa shape index (κ2) is 6.22. The topological polar surface area (TPSA) is 80.9 Å². The van der Waals surface area contributed by atoms with Gasteiger partial charge in [0.2, 0.25) is 0 Å². The Morgan fingerprint density at radius 2 is 1.15 bits per heavy atom. The van der Waals surface area contributed by atoms with Gasteiger partial charge in [0.05, 0.1) is 0 Å². The maximum atomic E-state index is 9.36. The zero-order valence-corrected chi connectivity index (χ0v) is 12.7. The van der Waals surface area contributed by atoms with Crippen molar-refractivity contribution in [2.75, 3.05) is 0 Å². The minimum absolute atomic E-state index is 0.542. The standard InChI is InChI=1S/C16H26O4/c1-15(2,13(17)18)9-11-6-5-7-12(8-11)10-16(3,4)14(19)20/h5-8,13-14,17-20H,9-10H2,1-4H3. The fourth-order valence-corrected chi connectivity index (χ4v) is 2.08. The Bertz CT molecular complexity index is 399. The van der Waals surface area contributed by atoms with Crippen molar-refractivity contribution in [1.29, 1.82) is 0 Å². The molecular formula is C16H26O4. The maximum absolute atomic E-state index is 9.36. The van der Waals surface area contributed by atoms with Gasteiger partial charge in [0.15, 0.2) is 12.6 Å². The quantitative estimate of drug-likeness (QED) is 0.595. The second-order valence-corrected chi connectivity index (χ2v) is 6.90. The van der Waals surface area contributed by atoms with E-state index in [-0.39, 0.29) is 0 Å². The molecule has 0 aliphatic carbocycles. The molecule has 20 heavy (non-hydrogen) atoms. The summed E-state index contributed by atoms with van der Waals surface area (Å²) in [5, 5.41) is 37.4. The van der Waals surface area contributed by atoms with Gasteiger partial charge in [0.1, 0.15) is 0 Å². The Morgan fingerprint density at radius 3 is 1.45 bits per heavy atom. The summed E-state index contributed by atoms with van der Waals surface area (Å²) >= 11 is 0. The summed E-state index contributed by atoms with van der Waals surface area (Å²) in [6, 6.07) is 7.77. The summed E-state index contributed by atoms with van der Waals surface area (Å²) in [5.41, 5.74) is 0.766. The molecule has 0 heterocycles. The van der Waals surface area contributed by atoms with Crippen LogP contribution in [0.1, 0.15) is 38.8 Å². The highest BCUT2D eigenvalue weighted by molar-refractivity contribution is 5.25. The van der Waals surface area contributed by atoms with Gasteiger partial charge < -0.3 is 20.4 Å². The van der Waals surface area contributed by atoms with Crippen molar-refractivity contribution >= 4 is 0 Å². The third-order valence-electron chi connectivity index (χ3n) is 3.71. The number of hydrogen-bond donors (Lipinski definition) is 4. The number of aliphatic hydroxyl groups is 4. The molecule has 4 nitrogen and oxygen atoms in total. The summed E-state index contributed by atoms with van der Waals surface area (Å²) in [6.45, 7) is 7.19. The molecule has 0 fully saturated rings. The molecule has 1 aromatic carbocycles. The molecule has 0 saturated carbocycles. The van der Waals surface area contributed by atoms with Crippen LogP contribution in [0.5, 0.6) is 0 Å². The van der Waals surface area contributed by atoms with Crippen LogP contribution >= 0.6 is 0 Å². The first-order valence-corrected chi connectivity index (χ1v) is 6.85. The monoisotopic (exact) mass is 282 g/mol. The van der Waals surface area contributed by atoms with Crippen LogP contribution in [-0.4, -0.2) is 33.0 Å². The number of benzene rings is 1. The van der Waals surface area contributed by atoms with E-state index in [1.54, 1.807) is 27.7 Å². The van der Waals surface area contributed by atoms with E-state index in [4.69, 9.17) is 0 Å². The summed E-state index contributed by atoms with van der Waals surface area (Å²) < 4.78 is 0. The first kappa shape index (κ1) is 17.1. The van der Waals surface area contributed by atoms with Crippen LogP contribution < -0.4 is 0 Å².